The lowest BCUT2D eigenvalue weighted by Crippen LogP contribution is -2.41. The lowest BCUT2D eigenvalue weighted by molar-refractivity contribution is 0.407. The Morgan fingerprint density at radius 3 is 2.50 bits per heavy atom. The summed E-state index contributed by atoms with van der Waals surface area (Å²) in [6, 6.07) is 1.07. The zero-order chi connectivity index (χ0) is 8.55. The molecular weight excluding hydrogens is 229 g/mol. The monoisotopic (exact) mass is 239 g/mol. The highest BCUT2D eigenvalue weighted by atomic mass is 35.5. The van der Waals surface area contributed by atoms with Gasteiger partial charge < -0.3 is 15.4 Å². The summed E-state index contributed by atoms with van der Waals surface area (Å²) in [6.07, 6.45) is 0. The Hall–Kier alpha value is -0.780. The van der Waals surface area contributed by atoms with Crippen molar-refractivity contribution in [3.63, 3.8) is 0 Å². The third kappa shape index (κ3) is 2.60. The minimum atomic E-state index is -0.301. The molecule has 0 bridgehead atoms. The lowest BCUT2D eigenvalue weighted by atomic mass is 10.0. The topological polar surface area (TPSA) is 78.0 Å². The molecule has 1 aliphatic rings. The average molecular weight is 240 g/mol. The fraction of sp³-hybridized carbons (Fsp3) is 0.429. The first-order valence-corrected chi connectivity index (χ1v) is 3.76. The van der Waals surface area contributed by atoms with E-state index in [1.165, 1.54) is 0 Å². The third-order valence-corrected chi connectivity index (χ3v) is 1.91. The van der Waals surface area contributed by atoms with E-state index in [0.29, 0.717) is 5.82 Å². The number of aromatic amines is 1. The molecule has 5 nitrogen and oxygen atoms in total. The number of halogens is 2. The fourth-order valence-corrected chi connectivity index (χ4v) is 1.14. The largest absolute Gasteiger partial charge is 0.493 e. The van der Waals surface area contributed by atoms with E-state index in [0.717, 1.165) is 19.2 Å². The van der Waals surface area contributed by atoms with Crippen LogP contribution in [0.1, 0.15) is 11.7 Å². The Kier molecular flexibility index (Phi) is 4.90. The molecule has 14 heavy (non-hydrogen) atoms. The third-order valence-electron chi connectivity index (χ3n) is 1.91. The average Bonchev–Trinajstić information content (AvgIpc) is 1.79. The van der Waals surface area contributed by atoms with E-state index in [1.54, 1.807) is 0 Å². The van der Waals surface area contributed by atoms with Gasteiger partial charge in [0.1, 0.15) is 5.82 Å². The van der Waals surface area contributed by atoms with Gasteiger partial charge in [-0.25, -0.2) is 0 Å². The van der Waals surface area contributed by atoms with Crippen LogP contribution in [0.25, 0.3) is 0 Å². The minimum absolute atomic E-state index is 0. The van der Waals surface area contributed by atoms with Crippen LogP contribution in [0.2, 0.25) is 0 Å². The van der Waals surface area contributed by atoms with Crippen molar-refractivity contribution < 1.29 is 5.11 Å². The van der Waals surface area contributed by atoms with Crippen LogP contribution in [0.3, 0.4) is 0 Å². The Morgan fingerprint density at radius 1 is 1.43 bits per heavy atom. The molecule has 0 amide bonds. The van der Waals surface area contributed by atoms with E-state index in [1.807, 2.05) is 0 Å². The molecule has 2 rings (SSSR count). The summed E-state index contributed by atoms with van der Waals surface area (Å²) in [5, 5.41) is 12.1. The van der Waals surface area contributed by atoms with Gasteiger partial charge in [-0.3, -0.25) is 4.79 Å². The van der Waals surface area contributed by atoms with Gasteiger partial charge >= 0.3 is 0 Å². The number of nitrogens with one attached hydrogen (secondary N) is 2. The maximum Gasteiger partial charge on any atom is 0.254 e. The molecule has 1 aromatic rings. The van der Waals surface area contributed by atoms with Crippen molar-refractivity contribution in [2.75, 3.05) is 13.1 Å². The SMILES string of the molecule is Cl.Cl.O=c1cc(O)nc(C2CNC2)[nH]1. The summed E-state index contributed by atoms with van der Waals surface area (Å²) in [4.78, 5) is 17.3. The second-order valence-electron chi connectivity index (χ2n) is 2.84. The van der Waals surface area contributed by atoms with E-state index in [2.05, 4.69) is 15.3 Å². The van der Waals surface area contributed by atoms with Crippen LogP contribution < -0.4 is 10.9 Å². The van der Waals surface area contributed by atoms with Crippen molar-refractivity contribution in [1.82, 2.24) is 15.3 Å². The fourth-order valence-electron chi connectivity index (χ4n) is 1.14. The van der Waals surface area contributed by atoms with Gasteiger partial charge in [-0.05, 0) is 0 Å². The standard InChI is InChI=1S/C7H9N3O2.2ClH/c11-5-1-6(12)10-7(9-5)4-2-8-3-4;;/h1,4,8H,2-3H2,(H2,9,10,11,12);2*1H. The van der Waals surface area contributed by atoms with Gasteiger partial charge in [0, 0.05) is 19.0 Å². The maximum atomic E-state index is 10.9. The second kappa shape index (κ2) is 5.19. The molecule has 1 aliphatic heterocycles. The second-order valence-corrected chi connectivity index (χ2v) is 2.84. The summed E-state index contributed by atoms with van der Waals surface area (Å²) in [6.45, 7) is 1.62. The lowest BCUT2D eigenvalue weighted by Gasteiger charge is -2.25. The Labute approximate surface area is 92.8 Å². The van der Waals surface area contributed by atoms with Crippen molar-refractivity contribution in [1.29, 1.82) is 0 Å². The molecule has 2 heterocycles. The van der Waals surface area contributed by atoms with E-state index in [4.69, 9.17) is 5.11 Å². The first-order chi connectivity index (χ1) is 5.75. The molecule has 3 N–H and O–H groups in total. The first kappa shape index (κ1) is 13.2. The van der Waals surface area contributed by atoms with Crippen molar-refractivity contribution in [3.8, 4) is 5.88 Å². The van der Waals surface area contributed by atoms with Crippen molar-refractivity contribution in [2.45, 2.75) is 5.92 Å². The molecule has 0 unspecified atom stereocenters. The number of aromatic nitrogens is 2. The Morgan fingerprint density at radius 2 is 2.07 bits per heavy atom. The van der Waals surface area contributed by atoms with Crippen LogP contribution >= 0.6 is 24.8 Å². The number of nitrogens with zero attached hydrogens (tertiary/aromatic N) is 1. The van der Waals surface area contributed by atoms with Crippen LogP contribution in [0.4, 0.5) is 0 Å². The van der Waals surface area contributed by atoms with Gasteiger partial charge in [0.15, 0.2) is 0 Å². The normalized spacial score (nSPS) is 14.9. The molecule has 0 saturated carbocycles. The maximum absolute atomic E-state index is 10.9. The summed E-state index contributed by atoms with van der Waals surface area (Å²) in [5.41, 5.74) is -0.301. The van der Waals surface area contributed by atoms with Gasteiger partial charge in [0.25, 0.3) is 5.56 Å². The van der Waals surface area contributed by atoms with Crippen molar-refractivity contribution in [3.05, 3.63) is 22.2 Å². The number of H-pyrrole nitrogens is 1. The molecular formula is C7H11Cl2N3O2. The molecule has 1 aromatic heterocycles. The molecule has 80 valence electrons. The molecule has 0 aromatic carbocycles. The number of hydrogen-bond acceptors (Lipinski definition) is 4. The molecule has 0 radical (unpaired) electrons. The minimum Gasteiger partial charge on any atom is -0.493 e. The van der Waals surface area contributed by atoms with Crippen LogP contribution in [0, 0.1) is 0 Å². The van der Waals surface area contributed by atoms with Crippen LogP contribution in [0.15, 0.2) is 10.9 Å². The zero-order valence-electron chi connectivity index (χ0n) is 7.19. The summed E-state index contributed by atoms with van der Waals surface area (Å²) in [7, 11) is 0. The zero-order valence-corrected chi connectivity index (χ0v) is 8.82. The van der Waals surface area contributed by atoms with Crippen molar-refractivity contribution >= 4 is 24.8 Å². The molecule has 0 spiro atoms. The Bertz CT molecular complexity index is 351. The molecule has 1 saturated heterocycles. The van der Waals surface area contributed by atoms with E-state index in [9.17, 15) is 4.79 Å². The number of hydrogen-bond donors (Lipinski definition) is 3. The predicted molar refractivity (Wildman–Crippen MR) is 56.6 cm³/mol. The molecule has 0 atom stereocenters. The molecule has 1 fully saturated rings. The predicted octanol–water partition coefficient (Wildman–Crippen LogP) is 0.00590. The van der Waals surface area contributed by atoms with E-state index in [-0.39, 0.29) is 42.2 Å². The summed E-state index contributed by atoms with van der Waals surface area (Å²) >= 11 is 0. The Balaban J connectivity index is 0.000000845. The number of aromatic hydroxyl groups is 1. The molecule has 0 aliphatic carbocycles. The van der Waals surface area contributed by atoms with Gasteiger partial charge in [0.2, 0.25) is 5.88 Å². The smallest absolute Gasteiger partial charge is 0.254 e. The van der Waals surface area contributed by atoms with Gasteiger partial charge in [0.05, 0.1) is 6.07 Å². The highest BCUT2D eigenvalue weighted by molar-refractivity contribution is 5.85. The van der Waals surface area contributed by atoms with Gasteiger partial charge in [-0.2, -0.15) is 4.98 Å². The highest BCUT2D eigenvalue weighted by Crippen LogP contribution is 2.15. The quantitative estimate of drug-likeness (QED) is 0.646. The van der Waals surface area contributed by atoms with Crippen LogP contribution in [-0.2, 0) is 0 Å². The summed E-state index contributed by atoms with van der Waals surface area (Å²) < 4.78 is 0. The highest BCUT2D eigenvalue weighted by Gasteiger charge is 2.21. The van der Waals surface area contributed by atoms with Crippen molar-refractivity contribution in [2.24, 2.45) is 0 Å². The summed E-state index contributed by atoms with van der Waals surface area (Å²) in [5.74, 6) is 0.601. The van der Waals surface area contributed by atoms with Crippen LogP contribution in [-0.4, -0.2) is 28.2 Å². The van der Waals surface area contributed by atoms with E-state index < -0.39 is 0 Å². The van der Waals surface area contributed by atoms with Crippen LogP contribution in [0.5, 0.6) is 5.88 Å². The van der Waals surface area contributed by atoms with Gasteiger partial charge in [-0.15, -0.1) is 24.8 Å². The van der Waals surface area contributed by atoms with Gasteiger partial charge in [-0.1, -0.05) is 0 Å². The molecule has 7 heteroatoms. The van der Waals surface area contributed by atoms with E-state index >= 15 is 0 Å². The first-order valence-electron chi connectivity index (χ1n) is 3.76. The number of rotatable bonds is 1.